The number of carboxylic acid groups (broad SMARTS) is 1. The van der Waals surface area contributed by atoms with Crippen LogP contribution in [0.1, 0.15) is 80.6 Å². The number of aromatic amines is 1. The summed E-state index contributed by atoms with van der Waals surface area (Å²) in [5.41, 5.74) is 2.29. The molecular weight excluding hydrogens is 661 g/mol. The third-order valence-electron chi connectivity index (χ3n) is 10.1. The molecule has 0 spiro atoms. The van der Waals surface area contributed by atoms with Crippen LogP contribution in [0.3, 0.4) is 0 Å². The molecule has 0 radical (unpaired) electrons. The molecule has 9 nitrogen and oxygen atoms in total. The minimum absolute atomic E-state index is 0.0181. The Morgan fingerprint density at radius 2 is 1.86 bits per heavy atom. The number of carboxylic acids is 1. The number of aryl methyl sites for hydroxylation is 2. The molecule has 1 aliphatic rings. The van der Waals surface area contributed by atoms with E-state index in [1.807, 2.05) is 38.1 Å². The van der Waals surface area contributed by atoms with Crippen molar-refractivity contribution in [3.05, 3.63) is 100 Å². The number of fused-ring (bicyclic) bond motifs is 8. The van der Waals surface area contributed by atoms with E-state index < -0.39 is 44.2 Å². The maximum atomic E-state index is 15.8. The third kappa shape index (κ3) is 7.08. The lowest BCUT2D eigenvalue weighted by Gasteiger charge is -2.31. The van der Waals surface area contributed by atoms with Gasteiger partial charge in [0.05, 0.1) is 28.4 Å². The Morgan fingerprint density at radius 1 is 1.08 bits per heavy atom. The predicted molar refractivity (Wildman–Crippen MR) is 189 cm³/mol. The number of hydrogen-bond donors (Lipinski definition) is 2. The lowest BCUT2D eigenvalue weighted by molar-refractivity contribution is -0.141. The number of nitrogens with zero attached hydrogens (tertiary/aromatic N) is 4. The molecule has 6 rings (SSSR count). The number of aliphatic carboxylic acids is 1. The van der Waals surface area contributed by atoms with Crippen LogP contribution in [0, 0.1) is 23.0 Å². The van der Waals surface area contributed by atoms with Gasteiger partial charge < -0.3 is 10.1 Å². The molecule has 0 fully saturated rings. The summed E-state index contributed by atoms with van der Waals surface area (Å²) in [6.45, 7) is 7.63. The molecule has 4 bridgehead atoms. The van der Waals surface area contributed by atoms with Crippen molar-refractivity contribution in [1.29, 1.82) is 0 Å². The van der Waals surface area contributed by atoms with Crippen molar-refractivity contribution in [1.82, 2.24) is 24.7 Å². The summed E-state index contributed by atoms with van der Waals surface area (Å²) in [6.07, 6.45) is 5.42. The minimum atomic E-state index is -3.60. The first-order chi connectivity index (χ1) is 23.6. The number of nitrogens with one attached hydrogen (secondary N) is 1. The van der Waals surface area contributed by atoms with Gasteiger partial charge in [-0.1, -0.05) is 51.5 Å². The highest BCUT2D eigenvalue weighted by Crippen LogP contribution is 2.39. The van der Waals surface area contributed by atoms with Crippen molar-refractivity contribution in [2.24, 2.45) is 18.4 Å². The van der Waals surface area contributed by atoms with E-state index in [0.717, 1.165) is 11.1 Å². The first-order valence-electron chi connectivity index (χ1n) is 16.9. The van der Waals surface area contributed by atoms with Crippen LogP contribution >= 0.6 is 0 Å². The van der Waals surface area contributed by atoms with Crippen LogP contribution in [0.25, 0.3) is 22.4 Å². The molecule has 0 aliphatic carbocycles. The largest absolute Gasteiger partial charge is 0.481 e. The number of hydrogen-bond acceptors (Lipinski definition) is 6. The van der Waals surface area contributed by atoms with Gasteiger partial charge in [0.15, 0.2) is 33.1 Å². The second-order valence-electron chi connectivity index (χ2n) is 14.8. The van der Waals surface area contributed by atoms with Gasteiger partial charge in [-0.3, -0.25) is 9.78 Å². The molecule has 2 aromatic carbocycles. The summed E-state index contributed by atoms with van der Waals surface area (Å²) in [5, 5.41) is 14.9. The van der Waals surface area contributed by atoms with Gasteiger partial charge >= 0.3 is 5.97 Å². The summed E-state index contributed by atoms with van der Waals surface area (Å²) >= 11 is 0. The Bertz CT molecular complexity index is 2190. The fourth-order valence-electron chi connectivity index (χ4n) is 7.35. The standard InChI is InChI=1S/C38H43F2N5O4S/c1-23(35(46)47)18-24-8-6-9-26(19-24)38(4)14-7-13-37(2,3)22-50(48,49)17-12-27-28-11-16-42-33(28)32(40)31(39)29(27)20-25-10-15-41-30(21-25)34-43-36(38)44-45(34)5/h6,8-11,15-16,19,21,23,42H,7,12-14,17-18,20,22H2,1-5H3,(H,46,47)/t23-,38-/m1/s1. The first kappa shape index (κ1) is 35.4. The molecule has 0 amide bonds. The first-order valence-corrected chi connectivity index (χ1v) is 18.7. The lowest BCUT2D eigenvalue weighted by atomic mass is 9.75. The zero-order valence-corrected chi connectivity index (χ0v) is 29.9. The van der Waals surface area contributed by atoms with Crippen molar-refractivity contribution < 1.29 is 27.1 Å². The molecule has 2 N–H and O–H groups in total. The summed E-state index contributed by atoms with van der Waals surface area (Å²) in [5.74, 6) is -2.64. The molecule has 264 valence electrons. The van der Waals surface area contributed by atoms with Gasteiger partial charge in [-0.2, -0.15) is 5.10 Å². The minimum Gasteiger partial charge on any atom is -0.481 e. The second kappa shape index (κ2) is 13.4. The van der Waals surface area contributed by atoms with Gasteiger partial charge in [-0.25, -0.2) is 26.9 Å². The molecule has 0 saturated heterocycles. The molecular formula is C38H43F2N5O4S. The number of pyridine rings is 1. The normalized spacial score (nSPS) is 20.1. The zero-order chi connectivity index (χ0) is 36.0. The number of aromatic nitrogens is 5. The molecule has 4 heterocycles. The number of H-pyrrole nitrogens is 1. The quantitative estimate of drug-likeness (QED) is 0.207. The average molecular weight is 704 g/mol. The molecule has 2 atom stereocenters. The molecule has 0 saturated carbocycles. The number of sulfone groups is 1. The molecule has 12 heteroatoms. The zero-order valence-electron chi connectivity index (χ0n) is 29.1. The molecule has 1 aliphatic heterocycles. The highest BCUT2D eigenvalue weighted by Gasteiger charge is 2.36. The number of carbonyl (C=O) groups is 1. The maximum absolute atomic E-state index is 15.8. The highest BCUT2D eigenvalue weighted by atomic mass is 32.2. The van der Waals surface area contributed by atoms with Crippen molar-refractivity contribution >= 4 is 26.7 Å². The SMILES string of the molecule is C[C@H](Cc1cccc([C@@]2(C)CCCC(C)(C)CS(=O)(=O)CCc3c(c(F)c(F)c4[nH]ccc34)Cc3ccnc(c3)-c3nc2nn3C)c1)C(=O)O. The van der Waals surface area contributed by atoms with Crippen LogP contribution in [0.2, 0.25) is 0 Å². The summed E-state index contributed by atoms with van der Waals surface area (Å²) in [6, 6.07) is 13.0. The topological polar surface area (TPSA) is 131 Å². The van der Waals surface area contributed by atoms with Crippen LogP contribution in [0.4, 0.5) is 8.78 Å². The number of rotatable bonds is 4. The van der Waals surface area contributed by atoms with Gasteiger partial charge in [0.25, 0.3) is 0 Å². The molecule has 3 aromatic heterocycles. The molecule has 5 aromatic rings. The lowest BCUT2D eigenvalue weighted by Crippen LogP contribution is -2.29. The fourth-order valence-corrected chi connectivity index (χ4v) is 9.34. The van der Waals surface area contributed by atoms with Crippen LogP contribution in [-0.4, -0.2) is 55.7 Å². The summed E-state index contributed by atoms with van der Waals surface area (Å²) < 4.78 is 60.1. The fraction of sp³-hybridized carbons (Fsp3) is 0.421. The number of benzene rings is 2. The van der Waals surface area contributed by atoms with E-state index in [1.165, 1.54) is 6.20 Å². The molecule has 50 heavy (non-hydrogen) atoms. The van der Waals surface area contributed by atoms with E-state index in [9.17, 15) is 18.3 Å². The van der Waals surface area contributed by atoms with E-state index in [2.05, 4.69) is 16.9 Å². The van der Waals surface area contributed by atoms with Crippen LogP contribution < -0.4 is 0 Å². The summed E-state index contributed by atoms with van der Waals surface area (Å²) in [4.78, 5) is 24.0. The maximum Gasteiger partial charge on any atom is 0.306 e. The predicted octanol–water partition coefficient (Wildman–Crippen LogP) is 6.96. The Hall–Kier alpha value is -4.45. The van der Waals surface area contributed by atoms with Crippen molar-refractivity contribution in [3.63, 3.8) is 0 Å². The van der Waals surface area contributed by atoms with Crippen LogP contribution in [0.15, 0.2) is 54.9 Å². The smallest absolute Gasteiger partial charge is 0.306 e. The van der Waals surface area contributed by atoms with E-state index >= 15 is 8.78 Å². The monoisotopic (exact) mass is 703 g/mol. The van der Waals surface area contributed by atoms with Gasteiger partial charge in [-0.05, 0) is 84.0 Å². The number of halogens is 2. The van der Waals surface area contributed by atoms with Crippen molar-refractivity contribution in [2.45, 2.75) is 71.6 Å². The summed E-state index contributed by atoms with van der Waals surface area (Å²) in [7, 11) is -1.81. The third-order valence-corrected chi connectivity index (χ3v) is 12.2. The van der Waals surface area contributed by atoms with Gasteiger partial charge in [0.1, 0.15) is 5.69 Å². The van der Waals surface area contributed by atoms with E-state index in [0.29, 0.717) is 59.5 Å². The second-order valence-corrected chi connectivity index (χ2v) is 17.0. The Morgan fingerprint density at radius 3 is 2.62 bits per heavy atom. The Labute approximate surface area is 291 Å². The van der Waals surface area contributed by atoms with Crippen LogP contribution in [0.5, 0.6) is 0 Å². The van der Waals surface area contributed by atoms with E-state index in [-0.39, 0.29) is 35.4 Å². The van der Waals surface area contributed by atoms with Gasteiger partial charge in [0.2, 0.25) is 0 Å². The Balaban J connectivity index is 1.49. The van der Waals surface area contributed by atoms with Crippen molar-refractivity contribution in [3.8, 4) is 11.5 Å². The van der Waals surface area contributed by atoms with E-state index in [1.54, 1.807) is 43.0 Å². The average Bonchev–Trinajstić information content (AvgIpc) is 3.70. The Kier molecular flexibility index (Phi) is 9.45. The van der Waals surface area contributed by atoms with Gasteiger partial charge in [0, 0.05) is 31.2 Å². The molecule has 0 unspecified atom stereocenters. The van der Waals surface area contributed by atoms with Gasteiger partial charge in [-0.15, -0.1) is 0 Å². The van der Waals surface area contributed by atoms with Crippen LogP contribution in [-0.2, 0) is 46.4 Å². The van der Waals surface area contributed by atoms with E-state index in [4.69, 9.17) is 10.1 Å². The van der Waals surface area contributed by atoms with Crippen molar-refractivity contribution in [2.75, 3.05) is 11.5 Å². The highest BCUT2D eigenvalue weighted by molar-refractivity contribution is 7.91.